The van der Waals surface area contributed by atoms with Gasteiger partial charge in [0, 0.05) is 47.5 Å². The lowest BCUT2D eigenvalue weighted by Gasteiger charge is -2.42. The van der Waals surface area contributed by atoms with Crippen molar-refractivity contribution in [3.63, 3.8) is 0 Å². The van der Waals surface area contributed by atoms with Gasteiger partial charge in [-0.05, 0) is 36.8 Å². The van der Waals surface area contributed by atoms with Gasteiger partial charge in [-0.3, -0.25) is 9.88 Å². The Morgan fingerprint density at radius 2 is 2.16 bits per heavy atom. The Labute approximate surface area is 181 Å². The van der Waals surface area contributed by atoms with Crippen LogP contribution in [0, 0.1) is 5.82 Å². The topological polar surface area (TPSA) is 80.0 Å². The lowest BCUT2D eigenvalue weighted by Crippen LogP contribution is -2.51. The molecule has 0 saturated carbocycles. The van der Waals surface area contributed by atoms with Crippen molar-refractivity contribution in [2.75, 3.05) is 0 Å². The van der Waals surface area contributed by atoms with Crippen LogP contribution in [0.4, 0.5) is 4.39 Å². The molecular weight excluding hydrogens is 415 g/mol. The van der Waals surface area contributed by atoms with E-state index < -0.39 is 5.60 Å². The molecule has 2 atom stereocenters. The molecule has 0 unspecified atom stereocenters. The molecular formula is C22H19FN6OS. The zero-order chi connectivity index (χ0) is 21.2. The van der Waals surface area contributed by atoms with Crippen LogP contribution in [-0.4, -0.2) is 40.8 Å². The molecule has 0 radical (unpaired) electrons. The third-order valence-corrected chi connectivity index (χ3v) is 7.45. The maximum absolute atomic E-state index is 14.0. The minimum atomic E-state index is -1.23. The number of nitrogens with zero attached hydrogens (tertiary/aromatic N) is 6. The van der Waals surface area contributed by atoms with E-state index in [0.717, 1.165) is 16.3 Å². The number of aromatic nitrogens is 5. The predicted molar refractivity (Wildman–Crippen MR) is 113 cm³/mol. The molecule has 156 valence electrons. The van der Waals surface area contributed by atoms with Crippen molar-refractivity contribution >= 4 is 11.3 Å². The van der Waals surface area contributed by atoms with Crippen LogP contribution in [-0.2, 0) is 25.2 Å². The summed E-state index contributed by atoms with van der Waals surface area (Å²) in [5, 5.41) is 17.1. The number of thiazole rings is 1. The summed E-state index contributed by atoms with van der Waals surface area (Å²) in [7, 11) is 0. The van der Waals surface area contributed by atoms with E-state index in [1.165, 1.54) is 23.3 Å². The Balaban J connectivity index is 1.32. The monoisotopic (exact) mass is 434 g/mol. The molecule has 3 aromatic heterocycles. The molecule has 31 heavy (non-hydrogen) atoms. The second-order valence-electron chi connectivity index (χ2n) is 8.07. The molecule has 1 N–H and O–H groups in total. The molecule has 0 spiro atoms. The van der Waals surface area contributed by atoms with Gasteiger partial charge in [-0.2, -0.15) is 5.10 Å². The zero-order valence-electron chi connectivity index (χ0n) is 16.7. The van der Waals surface area contributed by atoms with Crippen LogP contribution in [0.2, 0.25) is 0 Å². The fourth-order valence-electron chi connectivity index (χ4n) is 4.59. The highest BCUT2D eigenvalue weighted by Crippen LogP contribution is 2.43. The molecule has 0 fully saturated rings. The zero-order valence-corrected chi connectivity index (χ0v) is 17.6. The van der Waals surface area contributed by atoms with E-state index in [2.05, 4.69) is 20.0 Å². The minimum absolute atomic E-state index is 0.239. The van der Waals surface area contributed by atoms with Gasteiger partial charge >= 0.3 is 0 Å². The van der Waals surface area contributed by atoms with E-state index in [4.69, 9.17) is 4.98 Å². The first-order valence-electron chi connectivity index (χ1n) is 10.1. The van der Waals surface area contributed by atoms with Gasteiger partial charge in [-0.15, -0.1) is 11.3 Å². The van der Waals surface area contributed by atoms with Crippen LogP contribution >= 0.6 is 11.3 Å². The maximum Gasteiger partial charge on any atom is 0.158 e. The van der Waals surface area contributed by atoms with Crippen LogP contribution in [0.3, 0.4) is 0 Å². The molecule has 0 bridgehead atoms. The Morgan fingerprint density at radius 3 is 2.97 bits per heavy atom. The van der Waals surface area contributed by atoms with Crippen LogP contribution in [0.1, 0.15) is 23.1 Å². The first-order valence-corrected chi connectivity index (χ1v) is 10.9. The van der Waals surface area contributed by atoms with Crippen LogP contribution < -0.4 is 0 Å². The molecule has 1 aromatic carbocycles. The molecule has 0 amide bonds. The smallest absolute Gasteiger partial charge is 0.158 e. The van der Waals surface area contributed by atoms with Crippen molar-refractivity contribution in [2.24, 2.45) is 0 Å². The molecule has 5 heterocycles. The summed E-state index contributed by atoms with van der Waals surface area (Å²) >= 11 is 1.67. The summed E-state index contributed by atoms with van der Waals surface area (Å²) in [6.07, 6.45) is 5.02. The van der Waals surface area contributed by atoms with Gasteiger partial charge in [0.25, 0.3) is 0 Å². The number of rotatable bonds is 3. The van der Waals surface area contributed by atoms with Gasteiger partial charge in [0.1, 0.15) is 22.8 Å². The lowest BCUT2D eigenvalue weighted by molar-refractivity contribution is -0.0650. The molecule has 0 aliphatic carbocycles. The predicted octanol–water partition coefficient (Wildman–Crippen LogP) is 3.21. The van der Waals surface area contributed by atoms with Crippen LogP contribution in [0.25, 0.3) is 22.0 Å². The van der Waals surface area contributed by atoms with E-state index in [9.17, 15) is 9.50 Å². The highest BCUT2D eigenvalue weighted by atomic mass is 32.1. The molecule has 2 aliphatic rings. The largest absolute Gasteiger partial charge is 0.382 e. The van der Waals surface area contributed by atoms with Crippen molar-refractivity contribution in [1.29, 1.82) is 0 Å². The Hall–Kier alpha value is -3.01. The number of hydrogen-bond acceptors (Lipinski definition) is 7. The van der Waals surface area contributed by atoms with E-state index in [0.29, 0.717) is 30.0 Å². The fourth-order valence-corrected chi connectivity index (χ4v) is 5.68. The maximum atomic E-state index is 14.0. The highest BCUT2D eigenvalue weighted by molar-refractivity contribution is 7.15. The highest BCUT2D eigenvalue weighted by Gasteiger charge is 2.46. The first kappa shape index (κ1) is 18.7. The molecule has 7 nitrogen and oxygen atoms in total. The van der Waals surface area contributed by atoms with Gasteiger partial charge in [0.15, 0.2) is 5.82 Å². The van der Waals surface area contributed by atoms with Crippen molar-refractivity contribution in [3.05, 3.63) is 71.0 Å². The summed E-state index contributed by atoms with van der Waals surface area (Å²) in [4.78, 5) is 16.7. The quantitative estimate of drug-likeness (QED) is 0.533. The first-order chi connectivity index (χ1) is 15.0. The molecule has 4 aromatic rings. The number of fused-ring (bicyclic) bond motifs is 4. The summed E-state index contributed by atoms with van der Waals surface area (Å²) < 4.78 is 15.7. The summed E-state index contributed by atoms with van der Waals surface area (Å²) in [6, 6.07) is 8.17. The third-order valence-electron chi connectivity index (χ3n) is 6.32. The van der Waals surface area contributed by atoms with Crippen molar-refractivity contribution in [2.45, 2.75) is 38.2 Å². The van der Waals surface area contributed by atoms with Gasteiger partial charge in [0.05, 0.1) is 12.2 Å². The van der Waals surface area contributed by atoms with Crippen LogP contribution in [0.5, 0.6) is 0 Å². The number of benzene rings is 1. The number of pyridine rings is 1. The Bertz CT molecular complexity index is 1260. The second-order valence-corrected chi connectivity index (χ2v) is 9.15. The van der Waals surface area contributed by atoms with Crippen molar-refractivity contribution in [1.82, 2.24) is 29.6 Å². The Kier molecular flexibility index (Phi) is 4.08. The average Bonchev–Trinajstić information content (AvgIpc) is 3.48. The SMILES string of the molecule is C[C@@H](N1Cc2nc(-c3cccnc3)sc2C1)[C@]1(O)Cn2ncnc2-c2cc(F)ccc21. The van der Waals surface area contributed by atoms with Gasteiger partial charge in [0.2, 0.25) is 0 Å². The number of aliphatic hydroxyl groups is 1. The molecule has 0 saturated heterocycles. The molecule has 2 aliphatic heterocycles. The second kappa shape index (κ2) is 6.74. The van der Waals surface area contributed by atoms with E-state index in [1.54, 1.807) is 28.3 Å². The standard InChI is InChI=1S/C22H19FN6OS/c1-13(28-9-18-19(10-28)31-21(27-18)14-3-2-6-24-8-14)22(30)11-29-20(25-12-26-29)16-7-15(23)4-5-17(16)22/h2-8,12-13,30H,9-11H2,1H3/t13-,22-/m1/s1. The summed E-state index contributed by atoms with van der Waals surface area (Å²) in [6.45, 7) is 3.63. The summed E-state index contributed by atoms with van der Waals surface area (Å²) in [5.41, 5.74) is 2.09. The van der Waals surface area contributed by atoms with Crippen molar-refractivity contribution < 1.29 is 9.50 Å². The van der Waals surface area contributed by atoms with Crippen molar-refractivity contribution in [3.8, 4) is 22.0 Å². The van der Waals surface area contributed by atoms with E-state index in [1.807, 2.05) is 25.3 Å². The number of halogens is 1. The fraction of sp³-hybridized carbons (Fsp3) is 0.273. The van der Waals surface area contributed by atoms with Gasteiger partial charge < -0.3 is 5.11 Å². The Morgan fingerprint density at radius 1 is 1.26 bits per heavy atom. The van der Waals surface area contributed by atoms with Crippen LogP contribution in [0.15, 0.2) is 49.1 Å². The normalized spacial score (nSPS) is 20.9. The third kappa shape index (κ3) is 2.84. The van der Waals surface area contributed by atoms with Gasteiger partial charge in [-0.25, -0.2) is 19.0 Å². The summed E-state index contributed by atoms with van der Waals surface area (Å²) in [5.74, 6) is 0.218. The van der Waals surface area contributed by atoms with E-state index >= 15 is 0 Å². The van der Waals surface area contributed by atoms with E-state index in [-0.39, 0.29) is 18.4 Å². The number of hydrogen-bond donors (Lipinski definition) is 1. The molecule has 6 rings (SSSR count). The minimum Gasteiger partial charge on any atom is -0.382 e. The van der Waals surface area contributed by atoms with Gasteiger partial charge in [-0.1, -0.05) is 6.07 Å². The lowest BCUT2D eigenvalue weighted by atomic mass is 9.81. The molecule has 9 heteroatoms. The average molecular weight is 435 g/mol.